The number of para-hydroxylation sites is 1. The van der Waals surface area contributed by atoms with Gasteiger partial charge in [0.1, 0.15) is 5.75 Å². The Bertz CT molecular complexity index is 1020. The molecule has 0 aliphatic carbocycles. The molecular formula is C21H23ClN4O2S. The van der Waals surface area contributed by atoms with Crippen LogP contribution in [-0.4, -0.2) is 33.5 Å². The van der Waals surface area contributed by atoms with Gasteiger partial charge >= 0.3 is 0 Å². The SMILES string of the molecule is CCn1c(SCC(=O)Nc2c(C)cccc2C)nnc1-c1cc(Cl)ccc1OC. The Morgan fingerprint density at radius 2 is 1.93 bits per heavy atom. The van der Waals surface area contributed by atoms with Gasteiger partial charge in [0.2, 0.25) is 5.91 Å². The molecule has 3 aromatic rings. The number of hydrogen-bond donors (Lipinski definition) is 1. The topological polar surface area (TPSA) is 69.0 Å². The molecule has 0 aliphatic rings. The number of carbonyl (C=O) groups is 1. The second-order valence-corrected chi connectivity index (χ2v) is 7.88. The summed E-state index contributed by atoms with van der Waals surface area (Å²) in [7, 11) is 1.60. The monoisotopic (exact) mass is 430 g/mol. The van der Waals surface area contributed by atoms with Crippen LogP contribution < -0.4 is 10.1 Å². The van der Waals surface area contributed by atoms with Gasteiger partial charge in [0.25, 0.3) is 0 Å². The molecule has 1 heterocycles. The molecular weight excluding hydrogens is 408 g/mol. The Balaban J connectivity index is 1.78. The first-order valence-corrected chi connectivity index (χ1v) is 10.6. The minimum absolute atomic E-state index is 0.0834. The quantitative estimate of drug-likeness (QED) is 0.535. The number of anilines is 1. The number of benzene rings is 2. The summed E-state index contributed by atoms with van der Waals surface area (Å²) in [5.41, 5.74) is 3.70. The van der Waals surface area contributed by atoms with Gasteiger partial charge < -0.3 is 14.6 Å². The van der Waals surface area contributed by atoms with Crippen LogP contribution in [0, 0.1) is 13.8 Å². The fourth-order valence-corrected chi connectivity index (χ4v) is 4.03. The van der Waals surface area contributed by atoms with Crippen LogP contribution in [0.25, 0.3) is 11.4 Å². The average molecular weight is 431 g/mol. The number of hydrogen-bond acceptors (Lipinski definition) is 5. The first-order valence-electron chi connectivity index (χ1n) is 9.20. The predicted molar refractivity (Wildman–Crippen MR) is 118 cm³/mol. The molecule has 0 aliphatic heterocycles. The molecule has 0 spiro atoms. The van der Waals surface area contributed by atoms with Crippen molar-refractivity contribution in [2.45, 2.75) is 32.5 Å². The number of rotatable bonds is 7. The van der Waals surface area contributed by atoms with Crippen LogP contribution in [0.15, 0.2) is 41.6 Å². The Hall–Kier alpha value is -2.51. The zero-order valence-corrected chi connectivity index (χ0v) is 18.4. The molecule has 2 aromatic carbocycles. The Morgan fingerprint density at radius 1 is 1.21 bits per heavy atom. The molecule has 0 saturated heterocycles. The summed E-state index contributed by atoms with van der Waals surface area (Å²) in [6.07, 6.45) is 0. The predicted octanol–water partition coefficient (Wildman–Crippen LogP) is 4.97. The van der Waals surface area contributed by atoms with Crippen molar-refractivity contribution in [3.63, 3.8) is 0 Å². The lowest BCUT2D eigenvalue weighted by Crippen LogP contribution is -2.16. The number of carbonyl (C=O) groups excluding carboxylic acids is 1. The third-order valence-electron chi connectivity index (χ3n) is 4.51. The van der Waals surface area contributed by atoms with Crippen molar-refractivity contribution in [3.8, 4) is 17.1 Å². The standard InChI is InChI=1S/C21H23ClN4O2S/c1-5-26-20(16-11-15(22)9-10-17(16)28-4)24-25-21(26)29-12-18(27)23-19-13(2)7-6-8-14(19)3/h6-11H,5,12H2,1-4H3,(H,23,27). The maximum absolute atomic E-state index is 12.5. The normalized spacial score (nSPS) is 10.8. The summed E-state index contributed by atoms with van der Waals surface area (Å²) in [4.78, 5) is 12.5. The van der Waals surface area contributed by atoms with Crippen molar-refractivity contribution in [2.24, 2.45) is 0 Å². The first kappa shape index (κ1) is 21.2. The van der Waals surface area contributed by atoms with Gasteiger partial charge in [-0.2, -0.15) is 0 Å². The van der Waals surface area contributed by atoms with Crippen LogP contribution >= 0.6 is 23.4 Å². The summed E-state index contributed by atoms with van der Waals surface area (Å²) in [6, 6.07) is 11.3. The number of amides is 1. The van der Waals surface area contributed by atoms with Gasteiger partial charge in [-0.15, -0.1) is 10.2 Å². The molecule has 6 nitrogen and oxygen atoms in total. The molecule has 0 bridgehead atoms. The molecule has 0 radical (unpaired) electrons. The van der Waals surface area contributed by atoms with Gasteiger partial charge in [-0.3, -0.25) is 4.79 Å². The Kier molecular flexibility index (Phi) is 6.82. The van der Waals surface area contributed by atoms with E-state index in [-0.39, 0.29) is 11.7 Å². The van der Waals surface area contributed by atoms with Crippen LogP contribution in [0.1, 0.15) is 18.1 Å². The van der Waals surface area contributed by atoms with E-state index in [1.54, 1.807) is 25.3 Å². The summed E-state index contributed by atoms with van der Waals surface area (Å²) in [6.45, 7) is 6.62. The molecule has 29 heavy (non-hydrogen) atoms. The molecule has 152 valence electrons. The Morgan fingerprint density at radius 3 is 2.59 bits per heavy atom. The van der Waals surface area contributed by atoms with E-state index in [9.17, 15) is 4.79 Å². The fraction of sp³-hybridized carbons (Fsp3) is 0.286. The summed E-state index contributed by atoms with van der Waals surface area (Å²) >= 11 is 7.51. The highest BCUT2D eigenvalue weighted by Gasteiger charge is 2.18. The van der Waals surface area contributed by atoms with Crippen molar-refractivity contribution in [1.82, 2.24) is 14.8 Å². The van der Waals surface area contributed by atoms with Crippen molar-refractivity contribution in [2.75, 3.05) is 18.2 Å². The van der Waals surface area contributed by atoms with E-state index in [1.807, 2.05) is 43.5 Å². The third-order valence-corrected chi connectivity index (χ3v) is 5.72. The lowest BCUT2D eigenvalue weighted by atomic mass is 10.1. The average Bonchev–Trinajstić information content (AvgIpc) is 3.12. The molecule has 3 rings (SSSR count). The fourth-order valence-electron chi connectivity index (χ4n) is 3.05. The molecule has 0 saturated carbocycles. The number of halogens is 1. The van der Waals surface area contributed by atoms with E-state index in [1.165, 1.54) is 11.8 Å². The molecule has 8 heteroatoms. The van der Waals surface area contributed by atoms with Gasteiger partial charge in [0.15, 0.2) is 11.0 Å². The zero-order chi connectivity index (χ0) is 21.0. The molecule has 0 atom stereocenters. The van der Waals surface area contributed by atoms with Crippen LogP contribution in [0.5, 0.6) is 5.75 Å². The van der Waals surface area contributed by atoms with Crippen molar-refractivity contribution < 1.29 is 9.53 Å². The minimum atomic E-state index is -0.0834. The number of nitrogens with zero attached hydrogens (tertiary/aromatic N) is 3. The van der Waals surface area contributed by atoms with Crippen molar-refractivity contribution >= 4 is 35.0 Å². The maximum Gasteiger partial charge on any atom is 0.234 e. The third kappa shape index (κ3) is 4.74. The van der Waals surface area contributed by atoms with Gasteiger partial charge in [0.05, 0.1) is 18.4 Å². The van der Waals surface area contributed by atoms with Crippen LogP contribution in [0.3, 0.4) is 0 Å². The maximum atomic E-state index is 12.5. The highest BCUT2D eigenvalue weighted by atomic mass is 35.5. The van der Waals surface area contributed by atoms with Crippen LogP contribution in [0.4, 0.5) is 5.69 Å². The van der Waals surface area contributed by atoms with E-state index < -0.39 is 0 Å². The molecule has 1 aromatic heterocycles. The number of ether oxygens (including phenoxy) is 1. The van der Waals surface area contributed by atoms with E-state index in [0.717, 1.165) is 22.4 Å². The van der Waals surface area contributed by atoms with Gasteiger partial charge in [-0.1, -0.05) is 41.6 Å². The second kappa shape index (κ2) is 9.33. The second-order valence-electron chi connectivity index (χ2n) is 6.50. The van der Waals surface area contributed by atoms with E-state index in [4.69, 9.17) is 16.3 Å². The van der Waals surface area contributed by atoms with E-state index in [0.29, 0.717) is 28.3 Å². The highest BCUT2D eigenvalue weighted by Crippen LogP contribution is 2.33. The Labute approximate surface area is 179 Å². The number of thioether (sulfide) groups is 1. The molecule has 1 amide bonds. The smallest absolute Gasteiger partial charge is 0.234 e. The summed E-state index contributed by atoms with van der Waals surface area (Å²) in [5, 5.41) is 12.9. The largest absolute Gasteiger partial charge is 0.496 e. The van der Waals surface area contributed by atoms with E-state index in [2.05, 4.69) is 15.5 Å². The minimum Gasteiger partial charge on any atom is -0.496 e. The summed E-state index contributed by atoms with van der Waals surface area (Å²) < 4.78 is 7.39. The van der Waals surface area contributed by atoms with Gasteiger partial charge in [0, 0.05) is 17.3 Å². The number of aromatic nitrogens is 3. The zero-order valence-electron chi connectivity index (χ0n) is 16.8. The lowest BCUT2D eigenvalue weighted by Gasteiger charge is -2.12. The van der Waals surface area contributed by atoms with E-state index >= 15 is 0 Å². The van der Waals surface area contributed by atoms with Crippen LogP contribution in [0.2, 0.25) is 5.02 Å². The first-order chi connectivity index (χ1) is 13.9. The van der Waals surface area contributed by atoms with Crippen molar-refractivity contribution in [3.05, 3.63) is 52.5 Å². The molecule has 0 unspecified atom stereocenters. The number of nitrogens with one attached hydrogen (secondary N) is 1. The number of methoxy groups -OCH3 is 1. The molecule has 0 fully saturated rings. The van der Waals surface area contributed by atoms with Gasteiger partial charge in [-0.25, -0.2) is 0 Å². The van der Waals surface area contributed by atoms with Crippen LogP contribution in [-0.2, 0) is 11.3 Å². The van der Waals surface area contributed by atoms with Gasteiger partial charge in [-0.05, 0) is 50.1 Å². The lowest BCUT2D eigenvalue weighted by molar-refractivity contribution is -0.113. The van der Waals surface area contributed by atoms with Crippen molar-refractivity contribution in [1.29, 1.82) is 0 Å². The highest BCUT2D eigenvalue weighted by molar-refractivity contribution is 7.99. The summed E-state index contributed by atoms with van der Waals surface area (Å²) in [5.74, 6) is 1.48. The molecule has 1 N–H and O–H groups in total. The number of aryl methyl sites for hydroxylation is 2.